The van der Waals surface area contributed by atoms with E-state index < -0.39 is 5.54 Å². The second-order valence-electron chi connectivity index (χ2n) is 7.79. The highest BCUT2D eigenvalue weighted by molar-refractivity contribution is 5.78. The standard InChI is InChI=1S/C17H26N4O4/c1-12-14(19-25-18-12)8-15(24)20-6-4-17(5-7-20)9-16(3,11-22)21(10-17)13(2)23/h22H,4-11H2,1-3H3. The fraction of sp³-hybridized carbons (Fsp3) is 0.765. The molecule has 138 valence electrons. The average Bonchev–Trinajstić information content (AvgIpc) is 3.10. The van der Waals surface area contributed by atoms with Gasteiger partial charge in [0, 0.05) is 26.6 Å². The zero-order valence-corrected chi connectivity index (χ0v) is 15.1. The van der Waals surface area contributed by atoms with Crippen LogP contribution in [-0.2, 0) is 16.0 Å². The van der Waals surface area contributed by atoms with Gasteiger partial charge < -0.3 is 14.9 Å². The Hall–Kier alpha value is -1.96. The molecule has 8 heteroatoms. The van der Waals surface area contributed by atoms with Crippen LogP contribution in [-0.4, -0.2) is 68.8 Å². The van der Waals surface area contributed by atoms with Crippen molar-refractivity contribution in [3.63, 3.8) is 0 Å². The van der Waals surface area contributed by atoms with E-state index >= 15 is 0 Å². The number of hydrogen-bond acceptors (Lipinski definition) is 6. The van der Waals surface area contributed by atoms with E-state index in [0.29, 0.717) is 31.0 Å². The summed E-state index contributed by atoms with van der Waals surface area (Å²) in [5.41, 5.74) is 0.725. The first-order chi connectivity index (χ1) is 11.8. The smallest absolute Gasteiger partial charge is 0.228 e. The quantitative estimate of drug-likeness (QED) is 0.854. The van der Waals surface area contributed by atoms with Gasteiger partial charge in [-0.1, -0.05) is 10.3 Å². The molecule has 2 fully saturated rings. The molecule has 2 aliphatic heterocycles. The maximum absolute atomic E-state index is 12.5. The summed E-state index contributed by atoms with van der Waals surface area (Å²) in [5.74, 6) is 0.0286. The summed E-state index contributed by atoms with van der Waals surface area (Å²) in [6, 6.07) is 0. The molecule has 3 heterocycles. The van der Waals surface area contributed by atoms with Crippen molar-refractivity contribution in [3.8, 4) is 0 Å². The highest BCUT2D eigenvalue weighted by atomic mass is 16.6. The molecule has 0 bridgehead atoms. The summed E-state index contributed by atoms with van der Waals surface area (Å²) in [7, 11) is 0. The lowest BCUT2D eigenvalue weighted by Crippen LogP contribution is -2.46. The molecular weight excluding hydrogens is 324 g/mol. The van der Waals surface area contributed by atoms with E-state index in [1.165, 1.54) is 0 Å². The van der Waals surface area contributed by atoms with Gasteiger partial charge in [0.2, 0.25) is 11.8 Å². The molecular formula is C17H26N4O4. The molecule has 1 unspecified atom stereocenters. The number of likely N-dealkylation sites (tertiary alicyclic amines) is 2. The van der Waals surface area contributed by atoms with Crippen LogP contribution in [0, 0.1) is 12.3 Å². The van der Waals surface area contributed by atoms with E-state index in [4.69, 9.17) is 0 Å². The summed E-state index contributed by atoms with van der Waals surface area (Å²) in [6.45, 7) is 7.23. The number of nitrogens with zero attached hydrogens (tertiary/aromatic N) is 4. The monoisotopic (exact) mass is 350 g/mol. The van der Waals surface area contributed by atoms with E-state index in [1.807, 2.05) is 11.8 Å². The minimum Gasteiger partial charge on any atom is -0.394 e. The summed E-state index contributed by atoms with van der Waals surface area (Å²) >= 11 is 0. The Labute approximate surface area is 147 Å². The molecule has 1 atom stereocenters. The van der Waals surface area contributed by atoms with E-state index in [9.17, 15) is 14.7 Å². The molecule has 8 nitrogen and oxygen atoms in total. The molecule has 2 saturated heterocycles. The van der Waals surface area contributed by atoms with Gasteiger partial charge in [-0.2, -0.15) is 0 Å². The van der Waals surface area contributed by atoms with Crippen molar-refractivity contribution in [3.05, 3.63) is 11.4 Å². The van der Waals surface area contributed by atoms with Crippen molar-refractivity contribution < 1.29 is 19.3 Å². The van der Waals surface area contributed by atoms with Gasteiger partial charge in [0.15, 0.2) is 0 Å². The second-order valence-corrected chi connectivity index (χ2v) is 7.79. The predicted molar refractivity (Wildman–Crippen MR) is 88.5 cm³/mol. The number of piperidine rings is 1. The Bertz CT molecular complexity index is 665. The summed E-state index contributed by atoms with van der Waals surface area (Å²) < 4.78 is 4.65. The Kier molecular flexibility index (Phi) is 4.57. The van der Waals surface area contributed by atoms with E-state index in [1.54, 1.807) is 18.7 Å². The van der Waals surface area contributed by atoms with Gasteiger partial charge in [0.05, 0.1) is 18.6 Å². The first kappa shape index (κ1) is 17.8. The molecule has 25 heavy (non-hydrogen) atoms. The van der Waals surface area contributed by atoms with Crippen LogP contribution in [0.1, 0.15) is 44.5 Å². The second kappa shape index (κ2) is 6.40. The van der Waals surface area contributed by atoms with Crippen molar-refractivity contribution in [2.45, 2.75) is 52.0 Å². The number of amides is 2. The van der Waals surface area contributed by atoms with Crippen LogP contribution in [0.15, 0.2) is 4.63 Å². The van der Waals surface area contributed by atoms with Crippen molar-refractivity contribution >= 4 is 11.8 Å². The van der Waals surface area contributed by atoms with Crippen molar-refractivity contribution in [1.82, 2.24) is 20.1 Å². The molecule has 1 aromatic rings. The van der Waals surface area contributed by atoms with Gasteiger partial charge in [-0.25, -0.2) is 4.63 Å². The van der Waals surface area contributed by atoms with Crippen LogP contribution >= 0.6 is 0 Å². The van der Waals surface area contributed by atoms with E-state index in [2.05, 4.69) is 14.9 Å². The molecule has 1 spiro atoms. The molecule has 0 aliphatic carbocycles. The normalized spacial score (nSPS) is 25.6. The van der Waals surface area contributed by atoms with Gasteiger partial charge in [-0.05, 0) is 38.5 Å². The minimum absolute atomic E-state index is 0.000869. The predicted octanol–water partition coefficient (Wildman–Crippen LogP) is 0.533. The lowest BCUT2D eigenvalue weighted by Gasteiger charge is -2.39. The molecule has 3 rings (SSSR count). The highest BCUT2D eigenvalue weighted by Crippen LogP contribution is 2.47. The zero-order valence-electron chi connectivity index (χ0n) is 15.1. The van der Waals surface area contributed by atoms with Gasteiger partial charge in [0.1, 0.15) is 11.4 Å². The molecule has 2 aliphatic rings. The maximum atomic E-state index is 12.5. The number of carbonyl (C=O) groups excluding carboxylic acids is 2. The Morgan fingerprint density at radius 1 is 1.28 bits per heavy atom. The van der Waals surface area contributed by atoms with Gasteiger partial charge in [0.25, 0.3) is 0 Å². The van der Waals surface area contributed by atoms with Crippen LogP contribution in [0.2, 0.25) is 0 Å². The molecule has 1 N–H and O–H groups in total. The lowest BCUT2D eigenvalue weighted by atomic mass is 9.74. The Morgan fingerprint density at radius 3 is 2.44 bits per heavy atom. The van der Waals surface area contributed by atoms with Crippen molar-refractivity contribution in [2.75, 3.05) is 26.2 Å². The number of hydrogen-bond donors (Lipinski definition) is 1. The summed E-state index contributed by atoms with van der Waals surface area (Å²) in [6.07, 6.45) is 2.67. The third kappa shape index (κ3) is 3.27. The number of aryl methyl sites for hydroxylation is 1. The summed E-state index contributed by atoms with van der Waals surface area (Å²) in [5, 5.41) is 17.3. The first-order valence-electron chi connectivity index (χ1n) is 8.73. The van der Waals surface area contributed by atoms with Crippen LogP contribution < -0.4 is 0 Å². The minimum atomic E-state index is -0.499. The van der Waals surface area contributed by atoms with Crippen LogP contribution in [0.25, 0.3) is 0 Å². The largest absolute Gasteiger partial charge is 0.394 e. The number of aliphatic hydroxyl groups excluding tert-OH is 1. The lowest BCUT2D eigenvalue weighted by molar-refractivity contribution is -0.135. The Morgan fingerprint density at radius 2 is 1.96 bits per heavy atom. The summed E-state index contributed by atoms with van der Waals surface area (Å²) in [4.78, 5) is 28.1. The molecule has 0 aromatic carbocycles. The number of carbonyl (C=O) groups is 2. The zero-order chi connectivity index (χ0) is 18.2. The first-order valence-corrected chi connectivity index (χ1v) is 8.73. The van der Waals surface area contributed by atoms with Crippen LogP contribution in [0.4, 0.5) is 0 Å². The fourth-order valence-electron chi connectivity index (χ4n) is 4.35. The molecule has 0 saturated carbocycles. The van der Waals surface area contributed by atoms with Crippen molar-refractivity contribution in [2.24, 2.45) is 5.41 Å². The molecule has 2 amide bonds. The number of aliphatic hydroxyl groups is 1. The van der Waals surface area contributed by atoms with E-state index in [0.717, 1.165) is 19.3 Å². The van der Waals surface area contributed by atoms with Crippen LogP contribution in [0.5, 0.6) is 0 Å². The number of rotatable bonds is 3. The SMILES string of the molecule is CC(=O)N1CC2(CCN(C(=O)Cc3nonc3C)CC2)CC1(C)CO. The third-order valence-corrected chi connectivity index (χ3v) is 5.86. The fourth-order valence-corrected chi connectivity index (χ4v) is 4.35. The van der Waals surface area contributed by atoms with Gasteiger partial charge in [-0.3, -0.25) is 9.59 Å². The van der Waals surface area contributed by atoms with E-state index in [-0.39, 0.29) is 30.3 Å². The van der Waals surface area contributed by atoms with Crippen molar-refractivity contribution in [1.29, 1.82) is 0 Å². The highest BCUT2D eigenvalue weighted by Gasteiger charge is 2.52. The molecule has 1 aromatic heterocycles. The van der Waals surface area contributed by atoms with Crippen LogP contribution in [0.3, 0.4) is 0 Å². The average molecular weight is 350 g/mol. The van der Waals surface area contributed by atoms with Gasteiger partial charge in [-0.15, -0.1) is 0 Å². The maximum Gasteiger partial charge on any atom is 0.228 e. The van der Waals surface area contributed by atoms with Gasteiger partial charge >= 0.3 is 0 Å². The number of aromatic nitrogens is 2. The molecule has 0 radical (unpaired) electrons. The third-order valence-electron chi connectivity index (χ3n) is 5.86. The Balaban J connectivity index is 1.63. The topological polar surface area (TPSA) is 99.8 Å².